The number of fused-ring (bicyclic) bond motifs is 3. The van der Waals surface area contributed by atoms with Crippen LogP contribution in [-0.2, 0) is 16.0 Å². The molecule has 40 heavy (non-hydrogen) atoms. The second kappa shape index (κ2) is 11.9. The van der Waals surface area contributed by atoms with Crippen molar-refractivity contribution < 1.29 is 32.3 Å². The van der Waals surface area contributed by atoms with Crippen LogP contribution < -0.4 is 15.8 Å². The summed E-state index contributed by atoms with van der Waals surface area (Å²) >= 11 is 0. The molecule has 2 saturated heterocycles. The number of hydrogen-bond acceptors (Lipinski definition) is 5. The number of piperidine rings is 1. The van der Waals surface area contributed by atoms with E-state index >= 15 is 0 Å². The molecular weight excluding hydrogens is 525 g/mol. The van der Waals surface area contributed by atoms with Gasteiger partial charge >= 0.3 is 0 Å². The van der Waals surface area contributed by atoms with E-state index in [4.69, 9.17) is 10.5 Å². The van der Waals surface area contributed by atoms with Gasteiger partial charge < -0.3 is 25.6 Å². The predicted octanol–water partition coefficient (Wildman–Crippen LogP) is 3.13. The molecule has 2 bridgehead atoms. The molecule has 3 heterocycles. The SMILES string of the molecule is N[C@H](Cc1cc(F)c(F)cc1F)[C@@H]1C[C@H]2CC[C@@H](C1)N2C(=O)CCNC(=O)CCN1COc2ccccc2C1=O. The van der Waals surface area contributed by atoms with E-state index in [0.29, 0.717) is 30.2 Å². The minimum absolute atomic E-state index is 0.0146. The monoisotopic (exact) mass is 558 g/mol. The van der Waals surface area contributed by atoms with Crippen LogP contribution in [0.1, 0.15) is 54.4 Å². The number of nitrogens with two attached hydrogens (primary N) is 1. The molecule has 0 spiro atoms. The summed E-state index contributed by atoms with van der Waals surface area (Å²) in [5, 5.41) is 2.77. The number of ether oxygens (including phenoxy) is 1. The first-order valence-electron chi connectivity index (χ1n) is 13.7. The largest absolute Gasteiger partial charge is 0.472 e. The number of benzene rings is 2. The number of nitrogens with one attached hydrogen (secondary N) is 1. The topological polar surface area (TPSA) is 105 Å². The Hall–Kier alpha value is -3.60. The zero-order valence-electron chi connectivity index (χ0n) is 22.1. The highest BCUT2D eigenvalue weighted by atomic mass is 19.2. The molecule has 2 fully saturated rings. The summed E-state index contributed by atoms with van der Waals surface area (Å²) in [6.45, 7) is 0.484. The van der Waals surface area contributed by atoms with Crippen molar-refractivity contribution in [2.45, 2.75) is 63.1 Å². The van der Waals surface area contributed by atoms with E-state index in [-0.39, 0.29) is 80.4 Å². The highest BCUT2D eigenvalue weighted by molar-refractivity contribution is 5.97. The van der Waals surface area contributed by atoms with Gasteiger partial charge in [-0.3, -0.25) is 14.4 Å². The van der Waals surface area contributed by atoms with E-state index in [1.54, 1.807) is 24.3 Å². The van der Waals surface area contributed by atoms with E-state index in [2.05, 4.69) is 5.32 Å². The van der Waals surface area contributed by atoms with Gasteiger partial charge in [-0.15, -0.1) is 0 Å². The van der Waals surface area contributed by atoms with Crippen LogP contribution in [-0.4, -0.2) is 65.5 Å². The van der Waals surface area contributed by atoms with Crippen molar-refractivity contribution in [1.29, 1.82) is 0 Å². The number of rotatable bonds is 9. The number of halogens is 3. The predicted molar refractivity (Wildman–Crippen MR) is 140 cm³/mol. The summed E-state index contributed by atoms with van der Waals surface area (Å²) < 4.78 is 46.6. The van der Waals surface area contributed by atoms with Gasteiger partial charge in [0.2, 0.25) is 11.8 Å². The first-order chi connectivity index (χ1) is 19.2. The Kier molecular flexibility index (Phi) is 8.30. The summed E-state index contributed by atoms with van der Waals surface area (Å²) in [7, 11) is 0. The normalized spacial score (nSPS) is 22.5. The van der Waals surface area contributed by atoms with Crippen LogP contribution in [0.2, 0.25) is 0 Å². The maximum absolute atomic E-state index is 14.1. The smallest absolute Gasteiger partial charge is 0.260 e. The number of amides is 3. The number of carbonyl (C=O) groups excluding carboxylic acids is 3. The first kappa shape index (κ1) is 27.9. The fourth-order valence-electron chi connectivity index (χ4n) is 6.19. The molecule has 2 aromatic carbocycles. The Morgan fingerprint density at radius 2 is 1.73 bits per heavy atom. The fraction of sp³-hybridized carbons (Fsp3) is 0.483. The van der Waals surface area contributed by atoms with Crippen molar-refractivity contribution in [3.05, 3.63) is 65.0 Å². The van der Waals surface area contributed by atoms with Crippen LogP contribution >= 0.6 is 0 Å². The van der Waals surface area contributed by atoms with Gasteiger partial charge in [0.05, 0.1) is 5.56 Å². The number of hydrogen-bond donors (Lipinski definition) is 2. The molecule has 214 valence electrons. The standard InChI is InChI=1S/C29H33F3N4O4/c30-22-15-24(32)23(31)13-17(22)14-25(33)18-11-19-5-6-20(12-18)36(19)28(38)7-9-34-27(37)8-10-35-16-40-26-4-2-1-3-21(26)29(35)39/h1-4,13,15,18-20,25H,5-12,14,16,33H2,(H,34,37)/t18-,19-,20+,25-/m1/s1. The van der Waals surface area contributed by atoms with Crippen LogP contribution in [0.3, 0.4) is 0 Å². The average molecular weight is 559 g/mol. The van der Waals surface area contributed by atoms with Gasteiger partial charge in [-0.25, -0.2) is 13.2 Å². The van der Waals surface area contributed by atoms with Crippen LogP contribution in [0.15, 0.2) is 36.4 Å². The molecule has 3 aliphatic heterocycles. The quantitative estimate of drug-likeness (QED) is 0.461. The summed E-state index contributed by atoms with van der Waals surface area (Å²) in [6, 6.07) is 7.96. The van der Waals surface area contributed by atoms with Gasteiger partial charge in [-0.2, -0.15) is 0 Å². The molecule has 3 aliphatic rings. The molecule has 4 atom stereocenters. The number of nitrogens with zero attached hydrogens (tertiary/aromatic N) is 2. The lowest BCUT2D eigenvalue weighted by atomic mass is 9.82. The highest BCUT2D eigenvalue weighted by Crippen LogP contribution is 2.40. The second-order valence-corrected chi connectivity index (χ2v) is 10.8. The summed E-state index contributed by atoms with van der Waals surface area (Å²) in [4.78, 5) is 41.4. The van der Waals surface area contributed by atoms with Crippen LogP contribution in [0, 0.1) is 23.4 Å². The molecule has 0 saturated carbocycles. The first-order valence-corrected chi connectivity index (χ1v) is 13.7. The summed E-state index contributed by atoms with van der Waals surface area (Å²) in [5.41, 5.74) is 6.89. The molecule has 0 radical (unpaired) electrons. The van der Waals surface area contributed by atoms with Crippen LogP contribution in [0.5, 0.6) is 5.75 Å². The van der Waals surface area contributed by atoms with Gasteiger partial charge in [0.1, 0.15) is 11.6 Å². The maximum Gasteiger partial charge on any atom is 0.260 e. The van der Waals surface area contributed by atoms with Crippen molar-refractivity contribution in [3.8, 4) is 5.75 Å². The molecule has 0 aromatic heterocycles. The zero-order chi connectivity index (χ0) is 28.4. The Morgan fingerprint density at radius 1 is 1.02 bits per heavy atom. The average Bonchev–Trinajstić information content (AvgIpc) is 3.20. The third-order valence-electron chi connectivity index (χ3n) is 8.26. The summed E-state index contributed by atoms with van der Waals surface area (Å²) in [5.74, 6) is -3.05. The van der Waals surface area contributed by atoms with Crippen LogP contribution in [0.25, 0.3) is 0 Å². The summed E-state index contributed by atoms with van der Waals surface area (Å²) in [6.07, 6.45) is 3.37. The third-order valence-corrected chi connectivity index (χ3v) is 8.26. The van der Waals surface area contributed by atoms with Gasteiger partial charge in [0.25, 0.3) is 5.91 Å². The molecule has 8 nitrogen and oxygen atoms in total. The Balaban J connectivity index is 1.05. The Labute approximate surface area is 230 Å². The maximum atomic E-state index is 14.1. The van der Waals surface area contributed by atoms with E-state index in [9.17, 15) is 27.6 Å². The molecule has 5 rings (SSSR count). The lowest BCUT2D eigenvalue weighted by molar-refractivity contribution is -0.136. The lowest BCUT2D eigenvalue weighted by Crippen LogP contribution is -2.50. The van der Waals surface area contributed by atoms with E-state index in [1.165, 1.54) is 4.90 Å². The Morgan fingerprint density at radius 3 is 2.48 bits per heavy atom. The molecule has 3 amide bonds. The number of para-hydroxylation sites is 1. The van der Waals surface area contributed by atoms with Crippen molar-refractivity contribution in [2.75, 3.05) is 19.8 Å². The van der Waals surface area contributed by atoms with E-state index in [1.807, 2.05) is 4.90 Å². The molecule has 0 aliphatic carbocycles. The molecular formula is C29H33F3N4O4. The van der Waals surface area contributed by atoms with Gasteiger partial charge in [0, 0.05) is 50.1 Å². The minimum Gasteiger partial charge on any atom is -0.472 e. The van der Waals surface area contributed by atoms with Crippen molar-refractivity contribution in [2.24, 2.45) is 11.7 Å². The van der Waals surface area contributed by atoms with Gasteiger partial charge in [0.15, 0.2) is 18.4 Å². The van der Waals surface area contributed by atoms with Gasteiger partial charge in [-0.05, 0) is 61.8 Å². The minimum atomic E-state index is -1.23. The van der Waals surface area contributed by atoms with Crippen molar-refractivity contribution in [1.82, 2.24) is 15.1 Å². The fourth-order valence-corrected chi connectivity index (χ4v) is 6.19. The second-order valence-electron chi connectivity index (χ2n) is 10.8. The highest BCUT2D eigenvalue weighted by Gasteiger charge is 2.44. The lowest BCUT2D eigenvalue weighted by Gasteiger charge is -2.41. The van der Waals surface area contributed by atoms with Gasteiger partial charge in [-0.1, -0.05) is 12.1 Å². The molecule has 3 N–H and O–H groups in total. The molecule has 2 aromatic rings. The zero-order valence-corrected chi connectivity index (χ0v) is 22.1. The molecule has 11 heteroatoms. The Bertz CT molecular complexity index is 1280. The number of carbonyl (C=O) groups is 3. The van der Waals surface area contributed by atoms with Crippen molar-refractivity contribution >= 4 is 17.7 Å². The third kappa shape index (κ3) is 5.94. The van der Waals surface area contributed by atoms with E-state index in [0.717, 1.165) is 18.9 Å². The van der Waals surface area contributed by atoms with Crippen molar-refractivity contribution in [3.63, 3.8) is 0 Å². The van der Waals surface area contributed by atoms with E-state index < -0.39 is 23.5 Å². The van der Waals surface area contributed by atoms with Crippen LogP contribution in [0.4, 0.5) is 13.2 Å². The molecule has 0 unspecified atom stereocenters.